The van der Waals surface area contributed by atoms with Crippen molar-refractivity contribution in [1.29, 1.82) is 0 Å². The Kier molecular flexibility index (Phi) is 17.2. The average molecular weight is 1050 g/mol. The summed E-state index contributed by atoms with van der Waals surface area (Å²) in [6.45, 7) is 0. The number of halogens is 9. The molecule has 0 spiro atoms. The van der Waals surface area contributed by atoms with Gasteiger partial charge in [-0.05, 0) is 102 Å². The standard InChI is InChI=1S/2C17H14F3N3O2.C9H8N2O3.C7H6F3N/c2*1-25-16-15-10(9-22-13(15)6-7-21-16)8-14(24)23-12-4-2-11(3-5-12)17(18,19)20;1-14-8-7-5(9(12)13)4-11-6(7)2-3-10-8;8-7(9,10)5-1-3-6(11)4-2-5/h2*2-7,9,22H,8H2,1H3,(H,23,24);2-4,11H,1H3,(H,12,13);1-4H,11H2. The van der Waals surface area contributed by atoms with Crippen molar-refractivity contribution < 1.29 is 73.2 Å². The lowest BCUT2D eigenvalue weighted by molar-refractivity contribution is -0.138. The monoisotopic (exact) mass is 1050 g/mol. The van der Waals surface area contributed by atoms with Crippen LogP contribution in [0.2, 0.25) is 0 Å². The number of pyridine rings is 3. The van der Waals surface area contributed by atoms with Gasteiger partial charge < -0.3 is 50.6 Å². The van der Waals surface area contributed by atoms with E-state index >= 15 is 0 Å². The SMILES string of the molecule is COc1nccc2[nH]cc(C(=O)O)c12.COc1nccc2[nH]cc(CC(=O)Nc3ccc(C(F)(F)F)cc3)c12.COc1nccc2[nH]cc(CC(=O)Nc3ccc(C(F)(F)F)cc3)c12.Nc1ccc(C(F)(F)F)cc1. The van der Waals surface area contributed by atoms with E-state index in [-0.39, 0.29) is 30.2 Å². The van der Waals surface area contributed by atoms with Crippen molar-refractivity contribution in [3.63, 3.8) is 0 Å². The maximum Gasteiger partial charge on any atom is 0.416 e. The van der Waals surface area contributed by atoms with E-state index in [4.69, 9.17) is 25.1 Å². The number of carboxylic acid groups (broad SMARTS) is 1. The van der Waals surface area contributed by atoms with Gasteiger partial charge in [0, 0.05) is 54.2 Å². The maximum absolute atomic E-state index is 12.5. The molecule has 392 valence electrons. The van der Waals surface area contributed by atoms with E-state index in [2.05, 4.69) is 40.5 Å². The van der Waals surface area contributed by atoms with Crippen LogP contribution in [0.25, 0.3) is 32.7 Å². The fourth-order valence-corrected chi connectivity index (χ4v) is 7.09. The molecule has 0 aliphatic heterocycles. The van der Waals surface area contributed by atoms with Crippen LogP contribution in [0.3, 0.4) is 0 Å². The number of fused-ring (bicyclic) bond motifs is 3. The van der Waals surface area contributed by atoms with Crippen LogP contribution < -0.4 is 30.6 Å². The second-order valence-electron chi connectivity index (χ2n) is 15.6. The number of aromatic nitrogens is 6. The summed E-state index contributed by atoms with van der Waals surface area (Å²) in [6.07, 6.45) is -3.50. The van der Waals surface area contributed by atoms with E-state index in [1.807, 2.05) is 0 Å². The van der Waals surface area contributed by atoms with Gasteiger partial charge in [0.15, 0.2) is 0 Å². The highest BCUT2D eigenvalue weighted by Gasteiger charge is 2.32. The molecule has 75 heavy (non-hydrogen) atoms. The third-order valence-electron chi connectivity index (χ3n) is 10.6. The van der Waals surface area contributed by atoms with Crippen LogP contribution in [0.5, 0.6) is 17.6 Å². The number of nitrogen functional groups attached to an aromatic ring is 1. The van der Waals surface area contributed by atoms with Crippen LogP contribution >= 0.6 is 0 Å². The lowest BCUT2D eigenvalue weighted by atomic mass is 10.1. The summed E-state index contributed by atoms with van der Waals surface area (Å²) in [7, 11) is 4.43. The number of H-pyrrole nitrogens is 3. The molecule has 8 N–H and O–H groups in total. The highest BCUT2D eigenvalue weighted by atomic mass is 19.4. The zero-order valence-corrected chi connectivity index (χ0v) is 39.3. The van der Waals surface area contributed by atoms with Crippen molar-refractivity contribution in [2.75, 3.05) is 37.7 Å². The number of hydrogen-bond acceptors (Lipinski definition) is 10. The van der Waals surface area contributed by atoms with Gasteiger partial charge in [0.1, 0.15) is 0 Å². The second kappa shape index (κ2) is 23.5. The molecule has 6 heterocycles. The number of aromatic carboxylic acids is 1. The Morgan fingerprint density at radius 1 is 0.507 bits per heavy atom. The molecule has 16 nitrogen and oxygen atoms in total. The Bertz CT molecular complexity index is 3240. The number of nitrogens with zero attached hydrogens (tertiary/aromatic N) is 3. The molecular weight excluding hydrogens is 1010 g/mol. The summed E-state index contributed by atoms with van der Waals surface area (Å²) >= 11 is 0. The number of carbonyl (C=O) groups is 3. The first-order valence-electron chi connectivity index (χ1n) is 21.6. The third kappa shape index (κ3) is 14.2. The molecule has 0 aliphatic carbocycles. The van der Waals surface area contributed by atoms with Crippen molar-refractivity contribution in [1.82, 2.24) is 29.9 Å². The minimum absolute atomic E-state index is 0.0308. The quantitative estimate of drug-likeness (QED) is 0.0502. The van der Waals surface area contributed by atoms with Gasteiger partial charge in [-0.2, -0.15) is 39.5 Å². The third-order valence-corrected chi connectivity index (χ3v) is 10.6. The number of hydrogen-bond donors (Lipinski definition) is 7. The fraction of sp³-hybridized carbons (Fsp3) is 0.160. The molecule has 0 unspecified atom stereocenters. The molecule has 0 aliphatic rings. The van der Waals surface area contributed by atoms with Gasteiger partial charge in [-0.25, -0.2) is 19.7 Å². The van der Waals surface area contributed by atoms with Crippen molar-refractivity contribution in [3.05, 3.63) is 162 Å². The predicted octanol–water partition coefficient (Wildman–Crippen LogP) is 11.1. The molecule has 0 radical (unpaired) electrons. The van der Waals surface area contributed by atoms with E-state index in [0.717, 1.165) is 47.4 Å². The first-order valence-corrected chi connectivity index (χ1v) is 21.6. The van der Waals surface area contributed by atoms with Gasteiger partial charge in [-0.3, -0.25) is 9.59 Å². The summed E-state index contributed by atoms with van der Waals surface area (Å²) in [5, 5.41) is 16.0. The Morgan fingerprint density at radius 3 is 1.16 bits per heavy atom. The normalized spacial score (nSPS) is 11.3. The average Bonchev–Trinajstić information content (AvgIpc) is 4.12. The predicted molar refractivity (Wildman–Crippen MR) is 258 cm³/mol. The lowest BCUT2D eigenvalue weighted by Gasteiger charge is -2.09. The summed E-state index contributed by atoms with van der Waals surface area (Å²) in [6, 6.07) is 18.2. The van der Waals surface area contributed by atoms with E-state index in [1.165, 1.54) is 63.9 Å². The minimum atomic E-state index is -4.41. The van der Waals surface area contributed by atoms with E-state index in [0.29, 0.717) is 67.5 Å². The molecule has 9 aromatic rings. The summed E-state index contributed by atoms with van der Waals surface area (Å²) in [4.78, 5) is 56.3. The highest BCUT2D eigenvalue weighted by molar-refractivity contribution is 6.05. The Labute approximate surface area is 418 Å². The largest absolute Gasteiger partial charge is 0.480 e. The minimum Gasteiger partial charge on any atom is -0.480 e. The molecule has 0 fully saturated rings. The van der Waals surface area contributed by atoms with E-state index in [9.17, 15) is 53.9 Å². The molecule has 3 aromatic carbocycles. The number of anilines is 3. The number of amides is 2. The molecule has 25 heteroatoms. The molecule has 0 bridgehead atoms. The lowest BCUT2D eigenvalue weighted by Crippen LogP contribution is -2.14. The van der Waals surface area contributed by atoms with Gasteiger partial charge >= 0.3 is 24.5 Å². The topological polar surface area (TPSA) is 235 Å². The van der Waals surface area contributed by atoms with E-state index < -0.39 is 41.2 Å². The van der Waals surface area contributed by atoms with Gasteiger partial charge in [0.25, 0.3) is 0 Å². The van der Waals surface area contributed by atoms with Crippen molar-refractivity contribution in [2.45, 2.75) is 31.4 Å². The maximum atomic E-state index is 12.5. The Hall–Kier alpha value is -9.29. The number of aromatic amines is 3. The van der Waals surface area contributed by atoms with Gasteiger partial charge in [-0.15, -0.1) is 0 Å². The number of nitrogens with one attached hydrogen (secondary N) is 5. The first-order chi connectivity index (χ1) is 35.5. The summed E-state index contributed by atoms with van der Waals surface area (Å²) < 4.78 is 126. The van der Waals surface area contributed by atoms with Gasteiger partial charge in [0.2, 0.25) is 29.5 Å². The van der Waals surface area contributed by atoms with Crippen LogP contribution in [-0.2, 0) is 41.0 Å². The zero-order chi connectivity index (χ0) is 54.7. The molecule has 0 atom stereocenters. The summed E-state index contributed by atoms with van der Waals surface area (Å²) in [5.41, 5.74) is 7.72. The van der Waals surface area contributed by atoms with Gasteiger partial charge in [-0.1, -0.05) is 0 Å². The molecule has 6 aromatic heterocycles. The number of methoxy groups -OCH3 is 3. The second-order valence-corrected chi connectivity index (χ2v) is 15.6. The molecule has 2 amide bonds. The van der Waals surface area contributed by atoms with E-state index in [1.54, 1.807) is 49.2 Å². The van der Waals surface area contributed by atoms with Crippen LogP contribution in [0.15, 0.2) is 128 Å². The van der Waals surface area contributed by atoms with Crippen LogP contribution in [0.4, 0.5) is 56.6 Å². The zero-order valence-electron chi connectivity index (χ0n) is 39.3. The Morgan fingerprint density at radius 2 is 0.827 bits per heavy atom. The Balaban J connectivity index is 0.000000171. The van der Waals surface area contributed by atoms with Crippen molar-refractivity contribution in [3.8, 4) is 17.6 Å². The number of alkyl halides is 9. The first kappa shape index (κ1) is 55.0. The number of rotatable bonds is 10. The smallest absolute Gasteiger partial charge is 0.416 e. The molecule has 9 rings (SSSR count). The van der Waals surface area contributed by atoms with Crippen LogP contribution in [-0.4, -0.2) is 74.1 Å². The summed E-state index contributed by atoms with van der Waals surface area (Å²) in [5.74, 6) is -0.589. The molecule has 0 saturated carbocycles. The number of carboxylic acids is 1. The number of benzene rings is 3. The fourth-order valence-electron chi connectivity index (χ4n) is 7.09. The molecular formula is C50H42F9N9O7. The van der Waals surface area contributed by atoms with Crippen LogP contribution in [0.1, 0.15) is 38.2 Å². The van der Waals surface area contributed by atoms with Crippen molar-refractivity contribution >= 4 is 67.6 Å². The van der Waals surface area contributed by atoms with Crippen molar-refractivity contribution in [2.24, 2.45) is 0 Å². The number of carbonyl (C=O) groups excluding carboxylic acids is 2. The molecule has 0 saturated heterocycles. The van der Waals surface area contributed by atoms with Gasteiger partial charge in [0.05, 0.1) is 89.1 Å². The highest BCUT2D eigenvalue weighted by Crippen LogP contribution is 2.33. The number of ether oxygens (including phenoxy) is 3. The number of nitrogens with two attached hydrogens (primary N) is 1. The van der Waals surface area contributed by atoms with Crippen LogP contribution in [0, 0.1) is 0 Å².